The highest BCUT2D eigenvalue weighted by Gasteiger charge is 2.37. The van der Waals surface area contributed by atoms with Crippen LogP contribution in [0, 0.1) is 17.3 Å². The zero-order chi connectivity index (χ0) is 7.78. The van der Waals surface area contributed by atoms with E-state index in [1.54, 1.807) is 0 Å². The van der Waals surface area contributed by atoms with Gasteiger partial charge >= 0.3 is 0 Å². The maximum atomic E-state index is 2.45. The summed E-state index contributed by atoms with van der Waals surface area (Å²) < 4.78 is 0. The van der Waals surface area contributed by atoms with E-state index in [1.165, 1.54) is 19.3 Å². The molecular formula is C10H20. The number of rotatable bonds is 1. The highest BCUT2D eigenvalue weighted by molar-refractivity contribution is 4.87. The lowest BCUT2D eigenvalue weighted by atomic mass is 9.78. The molecule has 0 bridgehead atoms. The average Bonchev–Trinajstić information content (AvgIpc) is 2.09. The van der Waals surface area contributed by atoms with Gasteiger partial charge in [-0.05, 0) is 30.1 Å². The maximum absolute atomic E-state index is 2.45. The van der Waals surface area contributed by atoms with Gasteiger partial charge in [-0.3, -0.25) is 0 Å². The Morgan fingerprint density at radius 1 is 1.40 bits per heavy atom. The van der Waals surface area contributed by atoms with Crippen molar-refractivity contribution < 1.29 is 0 Å². The van der Waals surface area contributed by atoms with Crippen molar-refractivity contribution in [3.63, 3.8) is 0 Å². The van der Waals surface area contributed by atoms with Gasteiger partial charge in [-0.25, -0.2) is 0 Å². The number of hydrogen-bond acceptors (Lipinski definition) is 0. The highest BCUT2D eigenvalue weighted by Crippen LogP contribution is 2.47. The lowest BCUT2D eigenvalue weighted by molar-refractivity contribution is 0.234. The van der Waals surface area contributed by atoms with Crippen molar-refractivity contribution in [3.05, 3.63) is 0 Å². The van der Waals surface area contributed by atoms with Gasteiger partial charge in [0.15, 0.2) is 0 Å². The van der Waals surface area contributed by atoms with Crippen molar-refractivity contribution >= 4 is 0 Å². The summed E-state index contributed by atoms with van der Waals surface area (Å²) >= 11 is 0. The second-order valence-electron chi connectivity index (χ2n) is 4.45. The van der Waals surface area contributed by atoms with Crippen LogP contribution in [0.15, 0.2) is 0 Å². The Balaban J connectivity index is 2.61. The van der Waals surface area contributed by atoms with Crippen LogP contribution in [0.5, 0.6) is 0 Å². The Kier molecular flexibility index (Phi) is 2.07. The molecule has 1 fully saturated rings. The largest absolute Gasteiger partial charge is 0.0649 e. The van der Waals surface area contributed by atoms with E-state index in [0.717, 1.165) is 11.8 Å². The molecule has 0 heterocycles. The van der Waals surface area contributed by atoms with Crippen LogP contribution in [0.2, 0.25) is 0 Å². The predicted octanol–water partition coefficient (Wildman–Crippen LogP) is 3.47. The van der Waals surface area contributed by atoms with Crippen molar-refractivity contribution in [2.45, 2.75) is 47.0 Å². The van der Waals surface area contributed by atoms with Gasteiger partial charge in [-0.1, -0.05) is 34.1 Å². The van der Waals surface area contributed by atoms with Crippen LogP contribution in [0.1, 0.15) is 47.0 Å². The van der Waals surface area contributed by atoms with Gasteiger partial charge in [-0.15, -0.1) is 0 Å². The highest BCUT2D eigenvalue weighted by atomic mass is 14.4. The monoisotopic (exact) mass is 140 g/mol. The summed E-state index contributed by atoms with van der Waals surface area (Å²) in [7, 11) is 0. The molecule has 0 N–H and O–H groups in total. The lowest BCUT2D eigenvalue weighted by Gasteiger charge is -2.27. The van der Waals surface area contributed by atoms with Gasteiger partial charge in [-0.2, -0.15) is 0 Å². The first kappa shape index (κ1) is 8.10. The molecule has 1 aliphatic rings. The molecule has 60 valence electrons. The molecule has 0 aromatic carbocycles. The molecule has 0 saturated heterocycles. The third-order valence-electron chi connectivity index (χ3n) is 3.57. The molecule has 1 saturated carbocycles. The fourth-order valence-electron chi connectivity index (χ4n) is 2.46. The van der Waals surface area contributed by atoms with Crippen LogP contribution in [-0.2, 0) is 0 Å². The second-order valence-corrected chi connectivity index (χ2v) is 4.45. The van der Waals surface area contributed by atoms with Crippen molar-refractivity contribution in [2.24, 2.45) is 17.3 Å². The molecule has 10 heavy (non-hydrogen) atoms. The van der Waals surface area contributed by atoms with Crippen molar-refractivity contribution in [3.8, 4) is 0 Å². The van der Waals surface area contributed by atoms with Gasteiger partial charge in [0.25, 0.3) is 0 Å². The van der Waals surface area contributed by atoms with Crippen LogP contribution in [0.3, 0.4) is 0 Å². The zero-order valence-electron chi connectivity index (χ0n) is 7.78. The summed E-state index contributed by atoms with van der Waals surface area (Å²) in [5.41, 5.74) is 0.666. The minimum absolute atomic E-state index is 0.666. The first-order chi connectivity index (χ1) is 4.58. The standard InChI is InChI=1S/C10H20/c1-5-10(4)7-8(2)6-9(10)3/h8-9H,5-7H2,1-4H3. The Morgan fingerprint density at radius 3 is 2.20 bits per heavy atom. The lowest BCUT2D eigenvalue weighted by Crippen LogP contribution is -2.17. The van der Waals surface area contributed by atoms with Gasteiger partial charge in [0.1, 0.15) is 0 Å². The predicted molar refractivity (Wildman–Crippen MR) is 46.0 cm³/mol. The summed E-state index contributed by atoms with van der Waals surface area (Å²) in [6.45, 7) is 9.57. The SMILES string of the molecule is CCC1(C)CC(C)CC1C. The Hall–Kier alpha value is 0. The van der Waals surface area contributed by atoms with Crippen LogP contribution in [0.4, 0.5) is 0 Å². The van der Waals surface area contributed by atoms with E-state index in [9.17, 15) is 0 Å². The molecule has 0 radical (unpaired) electrons. The quantitative estimate of drug-likeness (QED) is 0.523. The molecule has 0 aliphatic heterocycles. The van der Waals surface area contributed by atoms with E-state index in [1.807, 2.05) is 0 Å². The summed E-state index contributed by atoms with van der Waals surface area (Å²) in [6.07, 6.45) is 4.26. The summed E-state index contributed by atoms with van der Waals surface area (Å²) in [5.74, 6) is 1.92. The Bertz CT molecular complexity index is 117. The molecule has 0 heteroatoms. The number of hydrogen-bond donors (Lipinski definition) is 0. The smallest absolute Gasteiger partial charge is 0.0300 e. The van der Waals surface area contributed by atoms with E-state index in [2.05, 4.69) is 27.7 Å². The van der Waals surface area contributed by atoms with E-state index in [0.29, 0.717) is 5.41 Å². The van der Waals surface area contributed by atoms with E-state index in [4.69, 9.17) is 0 Å². The fourth-order valence-corrected chi connectivity index (χ4v) is 2.46. The van der Waals surface area contributed by atoms with Gasteiger partial charge in [0, 0.05) is 0 Å². The molecule has 0 aromatic rings. The van der Waals surface area contributed by atoms with Crippen LogP contribution >= 0.6 is 0 Å². The Morgan fingerprint density at radius 2 is 2.00 bits per heavy atom. The van der Waals surface area contributed by atoms with E-state index in [-0.39, 0.29) is 0 Å². The zero-order valence-corrected chi connectivity index (χ0v) is 7.78. The molecular weight excluding hydrogens is 120 g/mol. The third-order valence-corrected chi connectivity index (χ3v) is 3.57. The average molecular weight is 140 g/mol. The van der Waals surface area contributed by atoms with Crippen molar-refractivity contribution in [1.29, 1.82) is 0 Å². The maximum Gasteiger partial charge on any atom is -0.0300 e. The third kappa shape index (κ3) is 1.21. The van der Waals surface area contributed by atoms with Crippen LogP contribution in [0.25, 0.3) is 0 Å². The van der Waals surface area contributed by atoms with Crippen molar-refractivity contribution in [1.82, 2.24) is 0 Å². The fraction of sp³-hybridized carbons (Fsp3) is 1.00. The van der Waals surface area contributed by atoms with Gasteiger partial charge in [0.05, 0.1) is 0 Å². The van der Waals surface area contributed by atoms with Gasteiger partial charge in [0.2, 0.25) is 0 Å². The van der Waals surface area contributed by atoms with E-state index >= 15 is 0 Å². The molecule has 0 spiro atoms. The first-order valence-corrected chi connectivity index (χ1v) is 4.58. The molecule has 3 unspecified atom stereocenters. The van der Waals surface area contributed by atoms with Gasteiger partial charge < -0.3 is 0 Å². The Labute approximate surface area is 65.0 Å². The van der Waals surface area contributed by atoms with Crippen LogP contribution < -0.4 is 0 Å². The molecule has 0 aromatic heterocycles. The molecule has 3 atom stereocenters. The summed E-state index contributed by atoms with van der Waals surface area (Å²) in [4.78, 5) is 0. The topological polar surface area (TPSA) is 0 Å². The molecule has 1 aliphatic carbocycles. The first-order valence-electron chi connectivity index (χ1n) is 4.58. The minimum atomic E-state index is 0.666. The van der Waals surface area contributed by atoms with Crippen molar-refractivity contribution in [2.75, 3.05) is 0 Å². The summed E-state index contributed by atoms with van der Waals surface area (Å²) in [5, 5.41) is 0. The summed E-state index contributed by atoms with van der Waals surface area (Å²) in [6, 6.07) is 0. The second kappa shape index (κ2) is 2.56. The normalized spacial score (nSPS) is 48.0. The van der Waals surface area contributed by atoms with E-state index < -0.39 is 0 Å². The molecule has 0 amide bonds. The molecule has 1 rings (SSSR count). The minimum Gasteiger partial charge on any atom is -0.0649 e. The van der Waals surface area contributed by atoms with Crippen LogP contribution in [-0.4, -0.2) is 0 Å². The molecule has 0 nitrogen and oxygen atoms in total.